The Balaban J connectivity index is 2.27. The van der Waals surface area contributed by atoms with Crippen LogP contribution in [0.4, 0.5) is 17.3 Å². The summed E-state index contributed by atoms with van der Waals surface area (Å²) in [6.45, 7) is 7.02. The summed E-state index contributed by atoms with van der Waals surface area (Å²) in [6.07, 6.45) is 0.811. The standard InChI is InChI=1S/C15H19BrN4/c1-4-13-19-14(17-5-2)9-15(20-13)18-11-7-6-10(3)12(16)8-11/h6-9H,4-5H2,1-3H3,(H2,17,18,19,20). The third kappa shape index (κ3) is 3.70. The molecule has 1 aromatic carbocycles. The highest BCUT2D eigenvalue weighted by atomic mass is 79.9. The summed E-state index contributed by atoms with van der Waals surface area (Å²) in [7, 11) is 0. The van der Waals surface area contributed by atoms with E-state index < -0.39 is 0 Å². The van der Waals surface area contributed by atoms with Crippen LogP contribution in [0, 0.1) is 6.92 Å². The summed E-state index contributed by atoms with van der Waals surface area (Å²) in [5.41, 5.74) is 2.21. The third-order valence-electron chi connectivity index (χ3n) is 2.89. The molecule has 1 heterocycles. The van der Waals surface area contributed by atoms with E-state index in [9.17, 15) is 0 Å². The second kappa shape index (κ2) is 6.70. The van der Waals surface area contributed by atoms with Crippen LogP contribution in [0.25, 0.3) is 0 Å². The van der Waals surface area contributed by atoms with Gasteiger partial charge in [0.15, 0.2) is 0 Å². The largest absolute Gasteiger partial charge is 0.370 e. The molecule has 1 aromatic heterocycles. The van der Waals surface area contributed by atoms with E-state index in [0.717, 1.165) is 40.6 Å². The molecule has 4 nitrogen and oxygen atoms in total. The van der Waals surface area contributed by atoms with E-state index in [2.05, 4.69) is 69.4 Å². The van der Waals surface area contributed by atoms with Crippen LogP contribution in [-0.2, 0) is 6.42 Å². The van der Waals surface area contributed by atoms with Crippen molar-refractivity contribution in [3.8, 4) is 0 Å². The average molecular weight is 335 g/mol. The maximum absolute atomic E-state index is 4.50. The van der Waals surface area contributed by atoms with Gasteiger partial charge in [0.2, 0.25) is 0 Å². The second-order valence-electron chi connectivity index (χ2n) is 4.53. The van der Waals surface area contributed by atoms with Crippen LogP contribution in [0.1, 0.15) is 25.2 Å². The zero-order valence-corrected chi connectivity index (χ0v) is 13.6. The maximum atomic E-state index is 4.50. The van der Waals surface area contributed by atoms with E-state index >= 15 is 0 Å². The third-order valence-corrected chi connectivity index (χ3v) is 3.75. The van der Waals surface area contributed by atoms with Gasteiger partial charge in [-0.05, 0) is 31.5 Å². The van der Waals surface area contributed by atoms with E-state index in [-0.39, 0.29) is 0 Å². The first kappa shape index (κ1) is 14.8. The van der Waals surface area contributed by atoms with Gasteiger partial charge in [0.1, 0.15) is 17.5 Å². The lowest BCUT2D eigenvalue weighted by Gasteiger charge is -2.11. The van der Waals surface area contributed by atoms with Crippen LogP contribution in [0.3, 0.4) is 0 Å². The average Bonchev–Trinajstić information content (AvgIpc) is 2.43. The monoisotopic (exact) mass is 334 g/mol. The number of aryl methyl sites for hydroxylation is 2. The molecule has 0 amide bonds. The summed E-state index contributed by atoms with van der Waals surface area (Å²) in [6, 6.07) is 8.09. The van der Waals surface area contributed by atoms with E-state index in [1.54, 1.807) is 0 Å². The van der Waals surface area contributed by atoms with Gasteiger partial charge in [0, 0.05) is 29.2 Å². The Morgan fingerprint density at radius 1 is 1.10 bits per heavy atom. The Kier molecular flexibility index (Phi) is 4.95. The van der Waals surface area contributed by atoms with Crippen LogP contribution >= 0.6 is 15.9 Å². The zero-order valence-electron chi connectivity index (χ0n) is 12.0. The van der Waals surface area contributed by atoms with Crippen molar-refractivity contribution >= 4 is 33.3 Å². The summed E-state index contributed by atoms with van der Waals surface area (Å²) in [4.78, 5) is 8.95. The molecule has 20 heavy (non-hydrogen) atoms. The Bertz CT molecular complexity index is 598. The zero-order chi connectivity index (χ0) is 14.5. The number of benzene rings is 1. The number of halogens is 1. The molecule has 0 atom stereocenters. The maximum Gasteiger partial charge on any atom is 0.136 e. The predicted octanol–water partition coefficient (Wildman–Crippen LogP) is 4.29. The fourth-order valence-electron chi connectivity index (χ4n) is 1.81. The molecular weight excluding hydrogens is 316 g/mol. The van der Waals surface area contributed by atoms with Crippen LogP contribution in [0.2, 0.25) is 0 Å². The summed E-state index contributed by atoms with van der Waals surface area (Å²) in [5.74, 6) is 2.49. The molecule has 0 radical (unpaired) electrons. The molecule has 0 saturated carbocycles. The van der Waals surface area contributed by atoms with Crippen LogP contribution in [-0.4, -0.2) is 16.5 Å². The molecule has 0 fully saturated rings. The molecule has 2 rings (SSSR count). The van der Waals surface area contributed by atoms with Gasteiger partial charge in [-0.25, -0.2) is 9.97 Å². The highest BCUT2D eigenvalue weighted by molar-refractivity contribution is 9.10. The SMILES string of the molecule is CCNc1cc(Nc2ccc(C)c(Br)c2)nc(CC)n1. The van der Waals surface area contributed by atoms with E-state index in [1.165, 1.54) is 5.56 Å². The quantitative estimate of drug-likeness (QED) is 0.856. The number of anilines is 3. The Morgan fingerprint density at radius 3 is 2.50 bits per heavy atom. The summed E-state index contributed by atoms with van der Waals surface area (Å²) >= 11 is 3.54. The van der Waals surface area contributed by atoms with Gasteiger partial charge < -0.3 is 10.6 Å². The van der Waals surface area contributed by atoms with Gasteiger partial charge in [-0.3, -0.25) is 0 Å². The highest BCUT2D eigenvalue weighted by Crippen LogP contribution is 2.23. The number of nitrogens with one attached hydrogen (secondary N) is 2. The van der Waals surface area contributed by atoms with Crippen molar-refractivity contribution in [1.82, 2.24) is 9.97 Å². The molecule has 2 aromatic rings. The Hall–Kier alpha value is -1.62. The second-order valence-corrected chi connectivity index (χ2v) is 5.38. The molecule has 106 valence electrons. The molecule has 0 unspecified atom stereocenters. The van der Waals surface area contributed by atoms with Crippen molar-refractivity contribution in [2.75, 3.05) is 17.2 Å². The molecule has 5 heteroatoms. The van der Waals surface area contributed by atoms with Crippen molar-refractivity contribution in [3.63, 3.8) is 0 Å². The first-order chi connectivity index (χ1) is 9.62. The molecule has 0 aliphatic carbocycles. The summed E-state index contributed by atoms with van der Waals surface area (Å²) in [5, 5.41) is 6.55. The van der Waals surface area contributed by atoms with Crippen molar-refractivity contribution < 1.29 is 0 Å². The van der Waals surface area contributed by atoms with Gasteiger partial charge in [-0.15, -0.1) is 0 Å². The lowest BCUT2D eigenvalue weighted by molar-refractivity contribution is 0.939. The van der Waals surface area contributed by atoms with Gasteiger partial charge in [-0.2, -0.15) is 0 Å². The predicted molar refractivity (Wildman–Crippen MR) is 87.7 cm³/mol. The fourth-order valence-corrected chi connectivity index (χ4v) is 2.19. The molecule has 0 aliphatic rings. The Morgan fingerprint density at radius 2 is 1.85 bits per heavy atom. The first-order valence-electron chi connectivity index (χ1n) is 6.77. The van der Waals surface area contributed by atoms with Gasteiger partial charge >= 0.3 is 0 Å². The lowest BCUT2D eigenvalue weighted by Crippen LogP contribution is -2.05. The van der Waals surface area contributed by atoms with E-state index in [1.807, 2.05) is 12.1 Å². The molecule has 0 spiro atoms. The Labute approximate surface area is 128 Å². The van der Waals surface area contributed by atoms with Crippen molar-refractivity contribution in [2.45, 2.75) is 27.2 Å². The molecular formula is C15H19BrN4. The molecule has 0 saturated heterocycles. The van der Waals surface area contributed by atoms with Crippen LogP contribution in [0.5, 0.6) is 0 Å². The van der Waals surface area contributed by atoms with Crippen LogP contribution < -0.4 is 10.6 Å². The van der Waals surface area contributed by atoms with Crippen molar-refractivity contribution in [1.29, 1.82) is 0 Å². The number of rotatable bonds is 5. The molecule has 0 aliphatic heterocycles. The van der Waals surface area contributed by atoms with E-state index in [0.29, 0.717) is 0 Å². The van der Waals surface area contributed by atoms with Crippen molar-refractivity contribution in [2.24, 2.45) is 0 Å². The van der Waals surface area contributed by atoms with E-state index in [4.69, 9.17) is 0 Å². The normalized spacial score (nSPS) is 10.4. The van der Waals surface area contributed by atoms with Crippen molar-refractivity contribution in [3.05, 3.63) is 40.1 Å². The highest BCUT2D eigenvalue weighted by Gasteiger charge is 2.04. The van der Waals surface area contributed by atoms with Gasteiger partial charge in [0.05, 0.1) is 0 Å². The minimum atomic E-state index is 0.809. The van der Waals surface area contributed by atoms with Gasteiger partial charge in [-0.1, -0.05) is 28.9 Å². The minimum Gasteiger partial charge on any atom is -0.370 e. The molecule has 0 bridgehead atoms. The lowest BCUT2D eigenvalue weighted by atomic mass is 10.2. The molecule has 2 N–H and O–H groups in total. The van der Waals surface area contributed by atoms with Crippen LogP contribution in [0.15, 0.2) is 28.7 Å². The fraction of sp³-hybridized carbons (Fsp3) is 0.333. The van der Waals surface area contributed by atoms with Gasteiger partial charge in [0.25, 0.3) is 0 Å². The summed E-state index contributed by atoms with van der Waals surface area (Å²) < 4.78 is 1.08. The smallest absolute Gasteiger partial charge is 0.136 e. The first-order valence-corrected chi connectivity index (χ1v) is 7.56. The number of hydrogen-bond acceptors (Lipinski definition) is 4. The number of aromatic nitrogens is 2. The minimum absolute atomic E-state index is 0.809. The number of hydrogen-bond donors (Lipinski definition) is 2. The number of nitrogens with zero attached hydrogens (tertiary/aromatic N) is 2. The topological polar surface area (TPSA) is 49.8 Å².